The number of likely N-dealkylation sites (tertiary alicyclic amines) is 1. The third-order valence-electron chi connectivity index (χ3n) is 4.36. The molecule has 0 aromatic rings. The average molecular weight is 281 g/mol. The highest BCUT2D eigenvalue weighted by molar-refractivity contribution is 5.85. The van der Waals surface area contributed by atoms with Gasteiger partial charge >= 0.3 is 0 Å². The van der Waals surface area contributed by atoms with Crippen molar-refractivity contribution in [2.75, 3.05) is 13.1 Å². The van der Waals surface area contributed by atoms with Gasteiger partial charge in [-0.15, -0.1) is 0 Å². The molecule has 1 rings (SSSR count). The van der Waals surface area contributed by atoms with E-state index < -0.39 is 0 Å². The van der Waals surface area contributed by atoms with Crippen molar-refractivity contribution >= 4 is 11.7 Å². The SMILES string of the molecule is CCCCCCCCCC(=O)N1CCC(=O)C(CC)C1. The minimum atomic E-state index is 0.0849. The molecule has 1 amide bonds. The molecule has 1 aliphatic rings. The van der Waals surface area contributed by atoms with Crippen molar-refractivity contribution in [2.24, 2.45) is 5.92 Å². The number of Topliss-reactive ketones (excluding diaryl/α,β-unsaturated/α-hetero) is 1. The topological polar surface area (TPSA) is 37.4 Å². The number of ketones is 1. The molecule has 3 heteroatoms. The number of carbonyl (C=O) groups excluding carboxylic acids is 2. The number of rotatable bonds is 9. The number of hydrogen-bond acceptors (Lipinski definition) is 2. The molecule has 116 valence electrons. The van der Waals surface area contributed by atoms with Crippen molar-refractivity contribution in [3.05, 3.63) is 0 Å². The lowest BCUT2D eigenvalue weighted by molar-refractivity contribution is -0.137. The summed E-state index contributed by atoms with van der Waals surface area (Å²) in [6, 6.07) is 0. The maximum atomic E-state index is 12.1. The quantitative estimate of drug-likeness (QED) is 0.600. The summed E-state index contributed by atoms with van der Waals surface area (Å²) in [6.45, 7) is 5.56. The van der Waals surface area contributed by atoms with Crippen LogP contribution in [0.3, 0.4) is 0 Å². The van der Waals surface area contributed by atoms with Gasteiger partial charge in [-0.2, -0.15) is 0 Å². The molecule has 0 aliphatic carbocycles. The van der Waals surface area contributed by atoms with Crippen molar-refractivity contribution in [3.63, 3.8) is 0 Å². The predicted octanol–water partition coefficient (Wildman–Crippen LogP) is 3.95. The first-order chi connectivity index (χ1) is 9.69. The Kier molecular flexibility index (Phi) is 8.56. The Balaban J connectivity index is 2.12. The second-order valence-electron chi connectivity index (χ2n) is 6.03. The maximum Gasteiger partial charge on any atom is 0.222 e. The van der Waals surface area contributed by atoms with E-state index in [2.05, 4.69) is 6.92 Å². The van der Waals surface area contributed by atoms with Crippen molar-refractivity contribution in [2.45, 2.75) is 78.1 Å². The molecule has 20 heavy (non-hydrogen) atoms. The molecule has 0 spiro atoms. The molecule has 1 heterocycles. The van der Waals surface area contributed by atoms with Crippen molar-refractivity contribution in [3.8, 4) is 0 Å². The summed E-state index contributed by atoms with van der Waals surface area (Å²) in [5.41, 5.74) is 0. The minimum absolute atomic E-state index is 0.0849. The monoisotopic (exact) mass is 281 g/mol. The summed E-state index contributed by atoms with van der Waals surface area (Å²) in [7, 11) is 0. The molecule has 1 saturated heterocycles. The van der Waals surface area contributed by atoms with Gasteiger partial charge in [-0.3, -0.25) is 9.59 Å². The van der Waals surface area contributed by atoms with Crippen LogP contribution in [0.15, 0.2) is 0 Å². The minimum Gasteiger partial charge on any atom is -0.342 e. The summed E-state index contributed by atoms with van der Waals surface area (Å²) in [5, 5.41) is 0. The van der Waals surface area contributed by atoms with Gasteiger partial charge in [-0.25, -0.2) is 0 Å². The largest absolute Gasteiger partial charge is 0.342 e. The van der Waals surface area contributed by atoms with E-state index in [4.69, 9.17) is 0 Å². The fourth-order valence-corrected chi connectivity index (χ4v) is 2.88. The number of carbonyl (C=O) groups is 2. The lowest BCUT2D eigenvalue weighted by Gasteiger charge is -2.31. The molecule has 0 N–H and O–H groups in total. The first-order valence-electron chi connectivity index (χ1n) is 8.49. The van der Waals surface area contributed by atoms with Gasteiger partial charge in [0.05, 0.1) is 0 Å². The van der Waals surface area contributed by atoms with Crippen LogP contribution in [0.5, 0.6) is 0 Å². The molecule has 0 saturated carbocycles. The molecule has 0 bridgehead atoms. The van der Waals surface area contributed by atoms with Crippen molar-refractivity contribution in [1.82, 2.24) is 4.90 Å². The Morgan fingerprint density at radius 2 is 1.75 bits per heavy atom. The summed E-state index contributed by atoms with van der Waals surface area (Å²) in [4.78, 5) is 25.7. The first-order valence-corrected chi connectivity index (χ1v) is 8.49. The van der Waals surface area contributed by atoms with E-state index in [1.807, 2.05) is 11.8 Å². The van der Waals surface area contributed by atoms with Crippen LogP contribution in [0.1, 0.15) is 78.1 Å². The number of nitrogens with zero attached hydrogens (tertiary/aromatic N) is 1. The van der Waals surface area contributed by atoms with Crippen molar-refractivity contribution < 1.29 is 9.59 Å². The summed E-state index contributed by atoms with van der Waals surface area (Å²) < 4.78 is 0. The van der Waals surface area contributed by atoms with E-state index in [9.17, 15) is 9.59 Å². The molecular weight excluding hydrogens is 250 g/mol. The van der Waals surface area contributed by atoms with E-state index in [-0.39, 0.29) is 11.8 Å². The van der Waals surface area contributed by atoms with Gasteiger partial charge in [0.15, 0.2) is 0 Å². The Hall–Kier alpha value is -0.860. The fraction of sp³-hybridized carbons (Fsp3) is 0.882. The lowest BCUT2D eigenvalue weighted by atomic mass is 9.94. The fourth-order valence-electron chi connectivity index (χ4n) is 2.88. The van der Waals surface area contributed by atoms with Gasteiger partial charge in [-0.1, -0.05) is 52.4 Å². The molecule has 1 fully saturated rings. The Morgan fingerprint density at radius 3 is 2.40 bits per heavy atom. The maximum absolute atomic E-state index is 12.1. The molecule has 3 nitrogen and oxygen atoms in total. The normalized spacial score (nSPS) is 19.4. The zero-order chi connectivity index (χ0) is 14.8. The van der Waals surface area contributed by atoms with Gasteiger partial charge in [0.2, 0.25) is 5.91 Å². The van der Waals surface area contributed by atoms with Crippen LogP contribution in [-0.2, 0) is 9.59 Å². The van der Waals surface area contributed by atoms with Crippen LogP contribution in [0.25, 0.3) is 0 Å². The van der Waals surface area contributed by atoms with E-state index >= 15 is 0 Å². The molecule has 0 radical (unpaired) electrons. The van der Waals surface area contributed by atoms with Crippen LogP contribution >= 0.6 is 0 Å². The van der Waals surface area contributed by atoms with Crippen LogP contribution in [-0.4, -0.2) is 29.7 Å². The second-order valence-corrected chi connectivity index (χ2v) is 6.03. The second kappa shape index (κ2) is 9.95. The number of hydrogen-bond donors (Lipinski definition) is 0. The Bertz CT molecular complexity index is 301. The van der Waals surface area contributed by atoms with Gasteiger partial charge in [0.25, 0.3) is 0 Å². The van der Waals surface area contributed by atoms with Gasteiger partial charge < -0.3 is 4.90 Å². The van der Waals surface area contributed by atoms with E-state index in [0.717, 1.165) is 12.8 Å². The summed E-state index contributed by atoms with van der Waals surface area (Å²) in [6.07, 6.45) is 10.8. The molecule has 0 aromatic carbocycles. The number of unbranched alkanes of at least 4 members (excludes halogenated alkanes) is 6. The lowest BCUT2D eigenvalue weighted by Crippen LogP contribution is -2.43. The molecule has 1 atom stereocenters. The standard InChI is InChI=1S/C17H31NO2/c1-3-5-6-7-8-9-10-11-17(20)18-13-12-16(19)15(4-2)14-18/h15H,3-14H2,1-2H3. The first kappa shape index (κ1) is 17.2. The predicted molar refractivity (Wildman–Crippen MR) is 82.6 cm³/mol. The molecule has 0 aromatic heterocycles. The Morgan fingerprint density at radius 1 is 1.10 bits per heavy atom. The molecule has 1 unspecified atom stereocenters. The van der Waals surface area contributed by atoms with Crippen molar-refractivity contribution in [1.29, 1.82) is 0 Å². The summed E-state index contributed by atoms with van der Waals surface area (Å²) >= 11 is 0. The van der Waals surface area contributed by atoms with E-state index in [1.165, 1.54) is 38.5 Å². The van der Waals surface area contributed by atoms with Crippen LogP contribution in [0.2, 0.25) is 0 Å². The van der Waals surface area contributed by atoms with Crippen LogP contribution < -0.4 is 0 Å². The van der Waals surface area contributed by atoms with Gasteiger partial charge in [-0.05, 0) is 12.8 Å². The highest BCUT2D eigenvalue weighted by atomic mass is 16.2. The van der Waals surface area contributed by atoms with E-state index in [0.29, 0.717) is 31.7 Å². The smallest absolute Gasteiger partial charge is 0.222 e. The van der Waals surface area contributed by atoms with E-state index in [1.54, 1.807) is 0 Å². The van der Waals surface area contributed by atoms with Crippen LogP contribution in [0.4, 0.5) is 0 Å². The van der Waals surface area contributed by atoms with Crippen LogP contribution in [0, 0.1) is 5.92 Å². The third kappa shape index (κ3) is 6.06. The zero-order valence-corrected chi connectivity index (χ0v) is 13.3. The number of amides is 1. The zero-order valence-electron chi connectivity index (χ0n) is 13.3. The molecule has 1 aliphatic heterocycles. The summed E-state index contributed by atoms with van der Waals surface area (Å²) in [5.74, 6) is 0.679. The highest BCUT2D eigenvalue weighted by Gasteiger charge is 2.27. The average Bonchev–Trinajstić information content (AvgIpc) is 2.46. The third-order valence-corrected chi connectivity index (χ3v) is 4.36. The van der Waals surface area contributed by atoms with Gasteiger partial charge in [0, 0.05) is 31.8 Å². The highest BCUT2D eigenvalue weighted by Crippen LogP contribution is 2.17. The molecular formula is C17H31NO2. The number of piperidine rings is 1. The Labute approximate surface area is 124 Å². The van der Waals surface area contributed by atoms with Gasteiger partial charge in [0.1, 0.15) is 5.78 Å².